The highest BCUT2D eigenvalue weighted by Gasteiger charge is 2.58. The molecule has 2 fully saturated rings. The van der Waals surface area contributed by atoms with E-state index in [1.54, 1.807) is 12.1 Å². The number of nitro groups is 1. The zero-order valence-electron chi connectivity index (χ0n) is 12.4. The van der Waals surface area contributed by atoms with Gasteiger partial charge in [-0.15, -0.1) is 0 Å². The van der Waals surface area contributed by atoms with Gasteiger partial charge in [0.15, 0.2) is 0 Å². The lowest BCUT2D eigenvalue weighted by Crippen LogP contribution is -2.66. The van der Waals surface area contributed by atoms with E-state index in [1.807, 2.05) is 6.07 Å². The molecule has 0 amide bonds. The van der Waals surface area contributed by atoms with Crippen molar-refractivity contribution in [3.63, 3.8) is 0 Å². The summed E-state index contributed by atoms with van der Waals surface area (Å²) in [5, 5.41) is 14.4. The van der Waals surface area contributed by atoms with Crippen LogP contribution in [0.3, 0.4) is 0 Å². The van der Waals surface area contributed by atoms with Crippen LogP contribution in [-0.4, -0.2) is 23.7 Å². The van der Waals surface area contributed by atoms with Crippen LogP contribution in [0, 0.1) is 15.5 Å². The zero-order valence-corrected chi connectivity index (χ0v) is 12.4. The van der Waals surface area contributed by atoms with Gasteiger partial charge in [-0.05, 0) is 31.7 Å². The molecule has 2 aliphatic carbocycles. The first-order chi connectivity index (χ1) is 10.2. The fourth-order valence-electron chi connectivity index (χ4n) is 3.75. The summed E-state index contributed by atoms with van der Waals surface area (Å²) in [5.74, 6) is 0. The van der Waals surface area contributed by atoms with Crippen molar-refractivity contribution in [3.8, 4) is 0 Å². The summed E-state index contributed by atoms with van der Waals surface area (Å²) in [4.78, 5) is 10.5. The molecular formula is C16H22N2O3. The Bertz CT molecular complexity index is 528. The van der Waals surface area contributed by atoms with Gasteiger partial charge in [-0.1, -0.05) is 18.6 Å². The molecule has 0 radical (unpaired) electrons. The zero-order chi connectivity index (χ0) is 14.9. The lowest BCUT2D eigenvalue weighted by Gasteiger charge is -2.61. The van der Waals surface area contributed by atoms with Crippen LogP contribution in [0.2, 0.25) is 0 Å². The van der Waals surface area contributed by atoms with Crippen LogP contribution in [0.4, 0.5) is 5.69 Å². The molecule has 2 unspecified atom stereocenters. The second-order valence-corrected chi connectivity index (χ2v) is 6.13. The Morgan fingerprint density at radius 2 is 2.29 bits per heavy atom. The van der Waals surface area contributed by atoms with Gasteiger partial charge in [0, 0.05) is 36.7 Å². The smallest absolute Gasteiger partial charge is 0.269 e. The first-order valence-electron chi connectivity index (χ1n) is 7.74. The van der Waals surface area contributed by atoms with Crippen molar-refractivity contribution in [2.75, 3.05) is 6.61 Å². The summed E-state index contributed by atoms with van der Waals surface area (Å²) in [6, 6.07) is 7.36. The molecule has 1 N–H and O–H groups in total. The number of benzene rings is 1. The predicted octanol–water partition coefficient (Wildman–Crippen LogP) is 3.03. The predicted molar refractivity (Wildman–Crippen MR) is 80.0 cm³/mol. The summed E-state index contributed by atoms with van der Waals surface area (Å²) in [5.41, 5.74) is 1.46. The summed E-state index contributed by atoms with van der Waals surface area (Å²) >= 11 is 0. The van der Waals surface area contributed by atoms with Crippen LogP contribution in [-0.2, 0) is 11.3 Å². The van der Waals surface area contributed by atoms with E-state index < -0.39 is 0 Å². The molecule has 0 heterocycles. The van der Waals surface area contributed by atoms with E-state index >= 15 is 0 Å². The molecule has 5 nitrogen and oxygen atoms in total. The van der Waals surface area contributed by atoms with Gasteiger partial charge >= 0.3 is 0 Å². The van der Waals surface area contributed by atoms with Crippen molar-refractivity contribution in [3.05, 3.63) is 39.9 Å². The molecule has 1 aromatic carbocycles. The fraction of sp³-hybridized carbons (Fsp3) is 0.625. The van der Waals surface area contributed by atoms with E-state index in [4.69, 9.17) is 4.74 Å². The van der Waals surface area contributed by atoms with Gasteiger partial charge in [0.05, 0.1) is 11.0 Å². The van der Waals surface area contributed by atoms with Crippen molar-refractivity contribution < 1.29 is 9.66 Å². The molecule has 0 aromatic heterocycles. The van der Waals surface area contributed by atoms with E-state index in [0.717, 1.165) is 18.6 Å². The number of nitrogens with one attached hydrogen (secondary N) is 1. The van der Waals surface area contributed by atoms with Gasteiger partial charge in [0.25, 0.3) is 5.69 Å². The van der Waals surface area contributed by atoms with Gasteiger partial charge in [0.2, 0.25) is 0 Å². The number of hydrogen-bond donors (Lipinski definition) is 1. The maximum atomic E-state index is 10.8. The number of ether oxygens (including phenoxy) is 1. The molecule has 1 spiro atoms. The lowest BCUT2D eigenvalue weighted by molar-refractivity contribution is -0.384. The molecule has 2 atom stereocenters. The van der Waals surface area contributed by atoms with E-state index in [-0.39, 0.29) is 10.6 Å². The minimum atomic E-state index is -0.342. The Balaban J connectivity index is 1.59. The standard InChI is InChI=1S/C16H22N2O3/c1-2-21-15-10-14(16(15)7-4-8-16)17-11-12-5-3-6-13(9-12)18(19)20/h3,5-6,9,14-15,17H,2,4,7-8,10-11H2,1H3. The Kier molecular flexibility index (Phi) is 3.95. The lowest BCUT2D eigenvalue weighted by atomic mass is 9.51. The third kappa shape index (κ3) is 2.56. The van der Waals surface area contributed by atoms with Crippen molar-refractivity contribution >= 4 is 5.69 Å². The SMILES string of the molecule is CCOC1CC(NCc2cccc([N+](=O)[O-])c2)C12CCC2. The third-order valence-corrected chi connectivity index (χ3v) is 5.11. The summed E-state index contributed by atoms with van der Waals surface area (Å²) in [7, 11) is 0. The fourth-order valence-corrected chi connectivity index (χ4v) is 3.75. The molecule has 21 heavy (non-hydrogen) atoms. The van der Waals surface area contributed by atoms with E-state index in [1.165, 1.54) is 25.3 Å². The number of non-ortho nitro benzene ring substituents is 1. The average molecular weight is 290 g/mol. The van der Waals surface area contributed by atoms with E-state index in [2.05, 4.69) is 12.2 Å². The van der Waals surface area contributed by atoms with Crippen LogP contribution < -0.4 is 5.32 Å². The molecule has 0 aliphatic heterocycles. The molecule has 3 rings (SSSR count). The molecule has 2 saturated carbocycles. The van der Waals surface area contributed by atoms with Gasteiger partial charge in [-0.2, -0.15) is 0 Å². The quantitative estimate of drug-likeness (QED) is 0.646. The maximum Gasteiger partial charge on any atom is 0.269 e. The average Bonchev–Trinajstić information content (AvgIpc) is 2.40. The second-order valence-electron chi connectivity index (χ2n) is 6.13. The van der Waals surface area contributed by atoms with Crippen LogP contribution >= 0.6 is 0 Å². The minimum absolute atomic E-state index is 0.161. The monoisotopic (exact) mass is 290 g/mol. The van der Waals surface area contributed by atoms with Gasteiger partial charge in [0.1, 0.15) is 0 Å². The summed E-state index contributed by atoms with van der Waals surface area (Å²) in [6.07, 6.45) is 5.23. The maximum absolute atomic E-state index is 10.8. The van der Waals surface area contributed by atoms with Crippen molar-refractivity contribution in [1.29, 1.82) is 0 Å². The number of rotatable bonds is 6. The van der Waals surface area contributed by atoms with Crippen molar-refractivity contribution in [2.24, 2.45) is 5.41 Å². The first-order valence-corrected chi connectivity index (χ1v) is 7.74. The van der Waals surface area contributed by atoms with Crippen LogP contribution in [0.1, 0.15) is 38.2 Å². The first kappa shape index (κ1) is 14.5. The van der Waals surface area contributed by atoms with Crippen LogP contribution in [0.15, 0.2) is 24.3 Å². The van der Waals surface area contributed by atoms with Crippen LogP contribution in [0.5, 0.6) is 0 Å². The molecule has 1 aromatic rings. The van der Waals surface area contributed by atoms with Crippen molar-refractivity contribution in [1.82, 2.24) is 5.32 Å². The third-order valence-electron chi connectivity index (χ3n) is 5.11. The topological polar surface area (TPSA) is 64.4 Å². The highest BCUT2D eigenvalue weighted by molar-refractivity contribution is 5.34. The molecule has 0 saturated heterocycles. The number of nitrogens with zero attached hydrogens (tertiary/aromatic N) is 1. The van der Waals surface area contributed by atoms with Gasteiger partial charge in [-0.3, -0.25) is 10.1 Å². The van der Waals surface area contributed by atoms with Crippen LogP contribution in [0.25, 0.3) is 0 Å². The molecule has 0 bridgehead atoms. The summed E-state index contributed by atoms with van der Waals surface area (Å²) in [6.45, 7) is 3.52. The van der Waals surface area contributed by atoms with Crippen molar-refractivity contribution in [2.45, 2.75) is 51.3 Å². The molecular weight excluding hydrogens is 268 g/mol. The highest BCUT2D eigenvalue weighted by atomic mass is 16.6. The Hall–Kier alpha value is -1.46. The Morgan fingerprint density at radius 3 is 2.90 bits per heavy atom. The normalized spacial score (nSPS) is 26.1. The number of hydrogen-bond acceptors (Lipinski definition) is 4. The summed E-state index contributed by atoms with van der Waals surface area (Å²) < 4.78 is 5.84. The molecule has 2 aliphatic rings. The number of nitro benzene ring substituents is 1. The Morgan fingerprint density at radius 1 is 1.48 bits per heavy atom. The van der Waals surface area contributed by atoms with E-state index in [0.29, 0.717) is 24.1 Å². The largest absolute Gasteiger partial charge is 0.378 e. The van der Waals surface area contributed by atoms with Gasteiger partial charge in [-0.25, -0.2) is 0 Å². The Labute approximate surface area is 124 Å². The highest BCUT2D eigenvalue weighted by Crippen LogP contribution is 2.57. The second kappa shape index (κ2) is 5.73. The van der Waals surface area contributed by atoms with Gasteiger partial charge < -0.3 is 10.1 Å². The molecule has 114 valence electrons. The molecule has 5 heteroatoms. The minimum Gasteiger partial charge on any atom is -0.378 e. The van der Waals surface area contributed by atoms with E-state index in [9.17, 15) is 10.1 Å².